The van der Waals surface area contributed by atoms with Crippen LogP contribution in [0.1, 0.15) is 50.6 Å². The Bertz CT molecular complexity index is 465. The second-order valence-corrected chi connectivity index (χ2v) is 6.56. The Labute approximate surface area is 127 Å². The molecule has 1 saturated heterocycles. The van der Waals surface area contributed by atoms with Gasteiger partial charge in [-0.25, -0.2) is 0 Å². The van der Waals surface area contributed by atoms with Crippen LogP contribution in [0.4, 0.5) is 0 Å². The summed E-state index contributed by atoms with van der Waals surface area (Å²) >= 11 is 0. The lowest BCUT2D eigenvalue weighted by Crippen LogP contribution is -2.33. The maximum atomic E-state index is 12.6. The molecule has 1 aliphatic heterocycles. The molecule has 21 heavy (non-hydrogen) atoms. The van der Waals surface area contributed by atoms with E-state index in [9.17, 15) is 4.79 Å². The predicted octanol–water partition coefficient (Wildman–Crippen LogP) is 3.33. The van der Waals surface area contributed by atoms with Crippen molar-refractivity contribution in [2.24, 2.45) is 11.8 Å². The lowest BCUT2D eigenvalue weighted by Gasteiger charge is -2.30. The highest BCUT2D eigenvalue weighted by atomic mass is 16.2. The standard InChI is InChI=1S/C18H26N2O/c1-2-14-8-10-15(11-9-14)12-20-13-19-17(18(20)21)16-6-4-3-5-7-16/h3-7,14-15,17,19H,2,8-13H2,1H3. The zero-order valence-electron chi connectivity index (χ0n) is 12.9. The second-order valence-electron chi connectivity index (χ2n) is 6.56. The summed E-state index contributed by atoms with van der Waals surface area (Å²) in [6, 6.07) is 9.92. The van der Waals surface area contributed by atoms with Crippen LogP contribution in [0.2, 0.25) is 0 Å². The predicted molar refractivity (Wildman–Crippen MR) is 84.6 cm³/mol. The minimum absolute atomic E-state index is 0.141. The van der Waals surface area contributed by atoms with Crippen molar-refractivity contribution in [2.75, 3.05) is 13.2 Å². The first-order chi connectivity index (χ1) is 10.3. The van der Waals surface area contributed by atoms with Crippen LogP contribution in [-0.4, -0.2) is 24.0 Å². The van der Waals surface area contributed by atoms with E-state index in [4.69, 9.17) is 0 Å². The number of carbonyl (C=O) groups excluding carboxylic acids is 1. The molecule has 3 nitrogen and oxygen atoms in total. The van der Waals surface area contributed by atoms with E-state index in [2.05, 4.69) is 12.2 Å². The number of nitrogens with zero attached hydrogens (tertiary/aromatic N) is 1. The maximum Gasteiger partial charge on any atom is 0.245 e. The van der Waals surface area contributed by atoms with Crippen LogP contribution >= 0.6 is 0 Å². The number of rotatable bonds is 4. The molecule has 0 radical (unpaired) electrons. The topological polar surface area (TPSA) is 32.3 Å². The molecule has 0 spiro atoms. The molecular weight excluding hydrogens is 260 g/mol. The number of hydrogen-bond acceptors (Lipinski definition) is 2. The van der Waals surface area contributed by atoms with E-state index in [1.54, 1.807) is 0 Å². The SMILES string of the molecule is CCC1CCC(CN2CNC(c3ccccc3)C2=O)CC1. The normalized spacial score (nSPS) is 29.9. The molecule has 2 fully saturated rings. The summed E-state index contributed by atoms with van der Waals surface area (Å²) in [6.07, 6.45) is 6.58. The maximum absolute atomic E-state index is 12.6. The third kappa shape index (κ3) is 3.29. The van der Waals surface area contributed by atoms with Gasteiger partial charge in [0.2, 0.25) is 5.91 Å². The first-order valence-electron chi connectivity index (χ1n) is 8.35. The molecule has 1 aromatic rings. The van der Waals surface area contributed by atoms with Gasteiger partial charge in [0, 0.05) is 6.54 Å². The van der Waals surface area contributed by atoms with Gasteiger partial charge in [-0.05, 0) is 30.2 Å². The fourth-order valence-corrected chi connectivity index (χ4v) is 3.74. The number of hydrogen-bond donors (Lipinski definition) is 1. The Balaban J connectivity index is 1.55. The highest BCUT2D eigenvalue weighted by molar-refractivity contribution is 5.85. The molecule has 1 heterocycles. The molecule has 2 aliphatic rings. The van der Waals surface area contributed by atoms with Crippen molar-refractivity contribution in [2.45, 2.75) is 45.1 Å². The quantitative estimate of drug-likeness (QED) is 0.920. The number of carbonyl (C=O) groups is 1. The molecule has 3 heteroatoms. The van der Waals surface area contributed by atoms with E-state index >= 15 is 0 Å². The number of nitrogens with one attached hydrogen (secondary N) is 1. The van der Waals surface area contributed by atoms with Gasteiger partial charge in [-0.1, -0.05) is 56.5 Å². The van der Waals surface area contributed by atoms with Gasteiger partial charge >= 0.3 is 0 Å². The molecule has 1 aliphatic carbocycles. The van der Waals surface area contributed by atoms with Gasteiger partial charge in [0.05, 0.1) is 6.67 Å². The summed E-state index contributed by atoms with van der Waals surface area (Å²) < 4.78 is 0. The van der Waals surface area contributed by atoms with Crippen LogP contribution in [0.15, 0.2) is 30.3 Å². The van der Waals surface area contributed by atoms with Gasteiger partial charge in [0.15, 0.2) is 0 Å². The van der Waals surface area contributed by atoms with Gasteiger partial charge in [0.25, 0.3) is 0 Å². The Hall–Kier alpha value is -1.35. The second kappa shape index (κ2) is 6.61. The molecule has 1 unspecified atom stereocenters. The molecule has 0 bridgehead atoms. The van der Waals surface area contributed by atoms with E-state index in [1.165, 1.54) is 32.1 Å². The third-order valence-electron chi connectivity index (χ3n) is 5.20. The third-order valence-corrected chi connectivity index (χ3v) is 5.20. The minimum atomic E-state index is -0.141. The monoisotopic (exact) mass is 286 g/mol. The van der Waals surface area contributed by atoms with Crippen molar-refractivity contribution >= 4 is 5.91 Å². The molecular formula is C18H26N2O. The van der Waals surface area contributed by atoms with Crippen LogP contribution in [-0.2, 0) is 4.79 Å². The molecule has 1 N–H and O–H groups in total. The van der Waals surface area contributed by atoms with Crippen LogP contribution in [0.25, 0.3) is 0 Å². The summed E-state index contributed by atoms with van der Waals surface area (Å²) in [7, 11) is 0. The van der Waals surface area contributed by atoms with E-state index in [-0.39, 0.29) is 11.9 Å². The van der Waals surface area contributed by atoms with Crippen molar-refractivity contribution in [3.63, 3.8) is 0 Å². The largest absolute Gasteiger partial charge is 0.328 e. The summed E-state index contributed by atoms with van der Waals surface area (Å²) in [5.74, 6) is 1.87. The van der Waals surface area contributed by atoms with Crippen LogP contribution < -0.4 is 5.32 Å². The van der Waals surface area contributed by atoms with E-state index in [0.29, 0.717) is 12.6 Å². The Morgan fingerprint density at radius 3 is 2.43 bits per heavy atom. The zero-order valence-corrected chi connectivity index (χ0v) is 12.9. The zero-order chi connectivity index (χ0) is 14.7. The average Bonchev–Trinajstić information content (AvgIpc) is 2.90. The molecule has 1 aromatic carbocycles. The Morgan fingerprint density at radius 1 is 1.10 bits per heavy atom. The molecule has 0 aromatic heterocycles. The summed E-state index contributed by atoms with van der Waals surface area (Å²) in [6.45, 7) is 3.93. The van der Waals surface area contributed by atoms with Gasteiger partial charge < -0.3 is 4.90 Å². The lowest BCUT2D eigenvalue weighted by atomic mass is 9.80. The van der Waals surface area contributed by atoms with Crippen molar-refractivity contribution in [3.05, 3.63) is 35.9 Å². The van der Waals surface area contributed by atoms with Crippen LogP contribution in [0.3, 0.4) is 0 Å². The highest BCUT2D eigenvalue weighted by Gasteiger charge is 2.33. The minimum Gasteiger partial charge on any atom is -0.328 e. The molecule has 1 amide bonds. The first kappa shape index (κ1) is 14.6. The number of benzene rings is 1. The van der Waals surface area contributed by atoms with Crippen molar-refractivity contribution < 1.29 is 4.79 Å². The van der Waals surface area contributed by atoms with E-state index in [0.717, 1.165) is 18.0 Å². The van der Waals surface area contributed by atoms with Gasteiger partial charge in [-0.2, -0.15) is 0 Å². The van der Waals surface area contributed by atoms with Gasteiger partial charge in [-0.3, -0.25) is 10.1 Å². The van der Waals surface area contributed by atoms with E-state index < -0.39 is 0 Å². The van der Waals surface area contributed by atoms with Crippen LogP contribution in [0, 0.1) is 11.8 Å². The molecule has 3 rings (SSSR count). The van der Waals surface area contributed by atoms with Crippen molar-refractivity contribution in [1.82, 2.24) is 10.2 Å². The first-order valence-corrected chi connectivity index (χ1v) is 8.35. The number of amides is 1. The summed E-state index contributed by atoms with van der Waals surface area (Å²) in [5.41, 5.74) is 1.08. The van der Waals surface area contributed by atoms with Gasteiger partial charge in [0.1, 0.15) is 6.04 Å². The smallest absolute Gasteiger partial charge is 0.245 e. The van der Waals surface area contributed by atoms with Crippen molar-refractivity contribution in [1.29, 1.82) is 0 Å². The van der Waals surface area contributed by atoms with E-state index in [1.807, 2.05) is 35.2 Å². The summed E-state index contributed by atoms with van der Waals surface area (Å²) in [4.78, 5) is 14.6. The molecule has 114 valence electrons. The Kier molecular flexibility index (Phi) is 4.59. The highest BCUT2D eigenvalue weighted by Crippen LogP contribution is 2.32. The fraction of sp³-hybridized carbons (Fsp3) is 0.611. The van der Waals surface area contributed by atoms with Crippen LogP contribution in [0.5, 0.6) is 0 Å². The average molecular weight is 286 g/mol. The molecule has 1 atom stereocenters. The fourth-order valence-electron chi connectivity index (χ4n) is 3.74. The summed E-state index contributed by atoms with van der Waals surface area (Å²) in [5, 5.41) is 3.36. The van der Waals surface area contributed by atoms with Gasteiger partial charge in [-0.15, -0.1) is 0 Å². The lowest BCUT2D eigenvalue weighted by molar-refractivity contribution is -0.129. The Morgan fingerprint density at radius 2 is 1.76 bits per heavy atom. The molecule has 1 saturated carbocycles. The van der Waals surface area contributed by atoms with Crippen molar-refractivity contribution in [3.8, 4) is 0 Å².